The van der Waals surface area contributed by atoms with Gasteiger partial charge >= 0.3 is 0 Å². The third-order valence-corrected chi connectivity index (χ3v) is 5.01. The summed E-state index contributed by atoms with van der Waals surface area (Å²) in [5.74, 6) is 0.675. The molecule has 162 valence electrons. The van der Waals surface area contributed by atoms with Gasteiger partial charge in [0.05, 0.1) is 0 Å². The molecule has 6 nitrogen and oxygen atoms in total. The molecule has 0 aromatic heterocycles. The Balaban J connectivity index is 0.00000420. The van der Waals surface area contributed by atoms with Gasteiger partial charge in [-0.3, -0.25) is 9.69 Å². The molecule has 1 aromatic rings. The van der Waals surface area contributed by atoms with E-state index in [9.17, 15) is 4.79 Å². The van der Waals surface area contributed by atoms with E-state index in [1.807, 2.05) is 6.92 Å². The van der Waals surface area contributed by atoms with Crippen LogP contribution in [0.25, 0.3) is 0 Å². The molecular formula is C22H36IN5O. The van der Waals surface area contributed by atoms with Gasteiger partial charge in [-0.05, 0) is 32.3 Å². The second kappa shape index (κ2) is 12.8. The summed E-state index contributed by atoms with van der Waals surface area (Å²) in [6.45, 7) is 11.0. The number of benzene rings is 1. The molecule has 29 heavy (non-hydrogen) atoms. The number of carbonyl (C=O) groups excluding carboxylic acids is 1. The monoisotopic (exact) mass is 513 g/mol. The van der Waals surface area contributed by atoms with E-state index < -0.39 is 0 Å². The summed E-state index contributed by atoms with van der Waals surface area (Å²) in [7, 11) is 3.49. The van der Waals surface area contributed by atoms with E-state index in [-0.39, 0.29) is 36.4 Å². The number of guanidine groups is 1. The van der Waals surface area contributed by atoms with Crippen LogP contribution in [0.4, 0.5) is 0 Å². The van der Waals surface area contributed by atoms with Crippen molar-refractivity contribution in [3.63, 3.8) is 0 Å². The number of amides is 1. The first-order valence-electron chi connectivity index (χ1n) is 10.0. The van der Waals surface area contributed by atoms with E-state index in [1.54, 1.807) is 19.0 Å². The van der Waals surface area contributed by atoms with Crippen molar-refractivity contribution >= 4 is 35.8 Å². The molecular weight excluding hydrogens is 477 g/mol. The molecule has 1 aliphatic rings. The predicted molar refractivity (Wildman–Crippen MR) is 132 cm³/mol. The fourth-order valence-corrected chi connectivity index (χ4v) is 3.27. The number of hydrogen-bond acceptors (Lipinski definition) is 3. The molecule has 7 heteroatoms. The van der Waals surface area contributed by atoms with Crippen molar-refractivity contribution in [2.75, 3.05) is 33.7 Å². The molecule has 0 saturated carbocycles. The molecule has 0 aliphatic carbocycles. The highest BCUT2D eigenvalue weighted by molar-refractivity contribution is 14.0. The minimum atomic E-state index is -0.0116. The van der Waals surface area contributed by atoms with Crippen LogP contribution < -0.4 is 10.6 Å². The van der Waals surface area contributed by atoms with Crippen LogP contribution in [0, 0.1) is 0 Å². The summed E-state index contributed by atoms with van der Waals surface area (Å²) in [4.78, 5) is 20.4. The van der Waals surface area contributed by atoms with Gasteiger partial charge in [0.1, 0.15) is 6.54 Å². The van der Waals surface area contributed by atoms with Gasteiger partial charge in [-0.25, -0.2) is 4.99 Å². The van der Waals surface area contributed by atoms with E-state index in [2.05, 4.69) is 64.4 Å². The normalized spacial score (nSPS) is 19.8. The van der Waals surface area contributed by atoms with Gasteiger partial charge in [-0.1, -0.05) is 42.5 Å². The van der Waals surface area contributed by atoms with Crippen molar-refractivity contribution in [2.24, 2.45) is 4.99 Å². The largest absolute Gasteiger partial charge is 0.354 e. The summed E-state index contributed by atoms with van der Waals surface area (Å²) >= 11 is 0. The van der Waals surface area contributed by atoms with Gasteiger partial charge in [0, 0.05) is 45.8 Å². The third kappa shape index (κ3) is 9.16. The lowest BCUT2D eigenvalue weighted by molar-refractivity contribution is -0.127. The standard InChI is InChI=1S/C22H35N5O.HI/c1-17(2)14-23-22(24-15-21(28)26(4)5)25-20-11-12-27(18(3)13-20)16-19-9-7-6-8-10-19;/h6-10,18,20H,1,11-16H2,2-5H3,(H2,23,24,25);1H. The number of carbonyl (C=O) groups is 1. The van der Waals surface area contributed by atoms with E-state index in [1.165, 1.54) is 5.56 Å². The Kier molecular flexibility index (Phi) is 11.3. The number of rotatable bonds is 7. The topological polar surface area (TPSA) is 60.0 Å². The summed E-state index contributed by atoms with van der Waals surface area (Å²) in [6, 6.07) is 11.4. The molecule has 2 rings (SSSR count). The highest BCUT2D eigenvalue weighted by Crippen LogP contribution is 2.19. The maximum Gasteiger partial charge on any atom is 0.243 e. The number of likely N-dealkylation sites (tertiary alicyclic amines) is 1. The maximum absolute atomic E-state index is 11.9. The van der Waals surface area contributed by atoms with E-state index >= 15 is 0 Å². The van der Waals surface area contributed by atoms with Gasteiger partial charge in [-0.2, -0.15) is 0 Å². The predicted octanol–water partition coefficient (Wildman–Crippen LogP) is 2.86. The molecule has 1 aromatic carbocycles. The molecule has 2 N–H and O–H groups in total. The number of nitrogens with zero attached hydrogens (tertiary/aromatic N) is 3. The Morgan fingerprint density at radius 2 is 2.00 bits per heavy atom. The Labute approximate surface area is 192 Å². The van der Waals surface area contributed by atoms with Gasteiger partial charge < -0.3 is 15.5 Å². The fraction of sp³-hybridized carbons (Fsp3) is 0.545. The van der Waals surface area contributed by atoms with Gasteiger partial charge in [0.15, 0.2) is 5.96 Å². The van der Waals surface area contributed by atoms with Crippen LogP contribution in [0.5, 0.6) is 0 Å². The van der Waals surface area contributed by atoms with Crippen molar-refractivity contribution in [1.29, 1.82) is 0 Å². The summed E-state index contributed by atoms with van der Waals surface area (Å²) in [6.07, 6.45) is 2.09. The van der Waals surface area contributed by atoms with Crippen LogP contribution >= 0.6 is 24.0 Å². The first-order valence-corrected chi connectivity index (χ1v) is 10.0. The zero-order valence-corrected chi connectivity index (χ0v) is 20.5. The van der Waals surface area contributed by atoms with Crippen LogP contribution in [0.2, 0.25) is 0 Å². The average Bonchev–Trinajstić information content (AvgIpc) is 2.66. The highest BCUT2D eigenvalue weighted by Gasteiger charge is 2.26. The van der Waals surface area contributed by atoms with Crippen LogP contribution in [0.15, 0.2) is 47.5 Å². The molecule has 1 aliphatic heterocycles. The van der Waals surface area contributed by atoms with Crippen molar-refractivity contribution < 1.29 is 4.79 Å². The zero-order chi connectivity index (χ0) is 20.5. The molecule has 1 saturated heterocycles. The van der Waals surface area contributed by atoms with Crippen molar-refractivity contribution in [2.45, 2.75) is 45.3 Å². The van der Waals surface area contributed by atoms with Crippen LogP contribution in [-0.2, 0) is 11.3 Å². The number of likely N-dealkylation sites (N-methyl/N-ethyl adjacent to an activating group) is 1. The van der Waals surface area contributed by atoms with Crippen molar-refractivity contribution in [1.82, 2.24) is 20.4 Å². The van der Waals surface area contributed by atoms with E-state index in [4.69, 9.17) is 0 Å². The maximum atomic E-state index is 11.9. The fourth-order valence-electron chi connectivity index (χ4n) is 3.27. The van der Waals surface area contributed by atoms with Crippen molar-refractivity contribution in [3.05, 3.63) is 48.0 Å². The molecule has 2 unspecified atom stereocenters. The lowest BCUT2D eigenvalue weighted by Crippen LogP contribution is -2.51. The van der Waals surface area contributed by atoms with Crippen molar-refractivity contribution in [3.8, 4) is 0 Å². The zero-order valence-electron chi connectivity index (χ0n) is 18.1. The molecule has 2 atom stereocenters. The minimum absolute atomic E-state index is 0. The Hall–Kier alpha value is -1.61. The quantitative estimate of drug-likeness (QED) is 0.255. The first kappa shape index (κ1) is 25.4. The molecule has 1 amide bonds. The second-order valence-corrected chi connectivity index (χ2v) is 7.93. The second-order valence-electron chi connectivity index (χ2n) is 7.93. The molecule has 0 radical (unpaired) electrons. The van der Waals surface area contributed by atoms with E-state index in [0.29, 0.717) is 24.6 Å². The number of aliphatic imine (C=N–C) groups is 1. The number of piperidine rings is 1. The first-order chi connectivity index (χ1) is 13.3. The number of hydrogen-bond donors (Lipinski definition) is 2. The SMILES string of the molecule is C=C(C)CNC(=NCC(=O)N(C)C)NC1CCN(Cc2ccccc2)C(C)C1.I. The molecule has 1 fully saturated rings. The lowest BCUT2D eigenvalue weighted by atomic mass is 9.97. The molecule has 0 bridgehead atoms. The summed E-state index contributed by atoms with van der Waals surface area (Å²) < 4.78 is 0. The van der Waals surface area contributed by atoms with E-state index in [0.717, 1.165) is 31.5 Å². The minimum Gasteiger partial charge on any atom is -0.354 e. The van der Waals surface area contributed by atoms with Crippen LogP contribution in [0.3, 0.4) is 0 Å². The van der Waals surface area contributed by atoms with Crippen LogP contribution in [-0.4, -0.2) is 67.5 Å². The third-order valence-electron chi connectivity index (χ3n) is 5.01. The highest BCUT2D eigenvalue weighted by atomic mass is 127. The Morgan fingerprint density at radius 3 is 2.59 bits per heavy atom. The summed E-state index contributed by atoms with van der Waals surface area (Å²) in [5.41, 5.74) is 2.38. The van der Waals surface area contributed by atoms with Gasteiger partial charge in [-0.15, -0.1) is 24.0 Å². The van der Waals surface area contributed by atoms with Gasteiger partial charge in [0.25, 0.3) is 0 Å². The molecule has 1 heterocycles. The van der Waals surface area contributed by atoms with Crippen LogP contribution in [0.1, 0.15) is 32.3 Å². The summed E-state index contributed by atoms with van der Waals surface area (Å²) in [5, 5.41) is 6.80. The molecule has 0 spiro atoms. The Bertz CT molecular complexity index is 677. The lowest BCUT2D eigenvalue weighted by Gasteiger charge is -2.38. The number of halogens is 1. The van der Waals surface area contributed by atoms with Gasteiger partial charge in [0.2, 0.25) is 5.91 Å². The Morgan fingerprint density at radius 1 is 1.31 bits per heavy atom. The smallest absolute Gasteiger partial charge is 0.243 e. The average molecular weight is 513 g/mol. The number of nitrogens with one attached hydrogen (secondary N) is 2.